The van der Waals surface area contributed by atoms with Gasteiger partial charge in [0.15, 0.2) is 6.40 Å². The van der Waals surface area contributed by atoms with Gasteiger partial charge in [0.1, 0.15) is 20.0 Å². The maximum Gasteiger partial charge on any atom is 0.169 e. The SMILES string of the molecule is C1=NCCN1.C1=NCCO1.C1=NNCC1.C1=NOCC1.C1=NSCC1.C1CCNCC1.C1CCOCC1.C1CCSCC1.C1COCCN1.C1COCCO1.C1COCOC1.CC.CC.CC.CC.CC.CC.CC.CC.CC.CC.CC.CC.CC.CC.CC.CC.CC.CC.CC.CC.CC.CC. The van der Waals surface area contributed by atoms with Crippen molar-refractivity contribution in [3.8, 4) is 0 Å². The van der Waals surface area contributed by atoms with Crippen molar-refractivity contribution in [1.29, 1.82) is 0 Å². The van der Waals surface area contributed by atoms with Gasteiger partial charge in [-0.1, -0.05) is 323 Å². The minimum atomic E-state index is 0.500. The number of oxime groups is 1. The van der Waals surface area contributed by atoms with Gasteiger partial charge in [-0.3, -0.25) is 9.98 Å². The molecule has 11 aliphatic rings. The van der Waals surface area contributed by atoms with Crippen molar-refractivity contribution in [2.24, 2.45) is 24.6 Å². The molecule has 11 heterocycles. The molecule has 664 valence electrons. The number of hydrogen-bond donors (Lipinski definition) is 4. The van der Waals surface area contributed by atoms with Crippen molar-refractivity contribution in [1.82, 2.24) is 21.4 Å². The lowest BCUT2D eigenvalue weighted by Crippen LogP contribution is -2.30. The number of rotatable bonds is 0. The van der Waals surface area contributed by atoms with Gasteiger partial charge in [-0.2, -0.15) is 16.9 Å². The van der Waals surface area contributed by atoms with E-state index in [0.717, 1.165) is 138 Å². The van der Waals surface area contributed by atoms with Crippen molar-refractivity contribution in [3.05, 3.63) is 0 Å². The number of nitrogens with one attached hydrogen (secondary N) is 4. The monoisotopic (exact) mass is 1570 g/mol. The van der Waals surface area contributed by atoms with Crippen LogP contribution in [-0.4, -0.2) is 187 Å². The first kappa shape index (κ1) is 163. The molecule has 0 saturated carbocycles. The highest BCUT2D eigenvalue weighted by Crippen LogP contribution is 2.15. The lowest BCUT2D eigenvalue weighted by atomic mass is 10.2. The fraction of sp³-hybridized carbons (Fsp3) is 0.942. The Bertz CT molecular complexity index is 718. The Morgan fingerprint density at radius 1 is 0.286 bits per heavy atom. The van der Waals surface area contributed by atoms with Crippen LogP contribution in [0.5, 0.6) is 0 Å². The number of nitrogens with zero attached hydrogens (tertiary/aromatic N) is 5. The molecule has 105 heavy (non-hydrogen) atoms. The van der Waals surface area contributed by atoms with E-state index in [2.05, 4.69) is 67.4 Å². The molecule has 0 spiro atoms. The number of hydrazone groups is 1. The highest BCUT2D eigenvalue weighted by molar-refractivity contribution is 7.99. The molecule has 11 rings (SSSR count). The van der Waals surface area contributed by atoms with E-state index in [9.17, 15) is 0 Å². The largest absolute Gasteiger partial charge is 0.482 e. The van der Waals surface area contributed by atoms with Crippen molar-refractivity contribution < 1.29 is 38.0 Å². The van der Waals surface area contributed by atoms with Gasteiger partial charge in [0.2, 0.25) is 0 Å². The van der Waals surface area contributed by atoms with E-state index >= 15 is 0 Å². The average Bonchev–Trinajstić information content (AvgIpc) is 4.90. The molecule has 6 saturated heterocycles. The number of thioether (sulfide) groups is 1. The molecule has 19 heteroatoms. The summed E-state index contributed by atoms with van der Waals surface area (Å²) < 4.78 is 38.2. The summed E-state index contributed by atoms with van der Waals surface area (Å²) >= 11 is 3.74. The van der Waals surface area contributed by atoms with Crippen LogP contribution in [0.2, 0.25) is 0 Å². The molecule has 0 unspecified atom stereocenters. The zero-order valence-corrected chi connectivity index (χ0v) is 83.0. The molecule has 0 aliphatic carbocycles. The first-order valence-electron chi connectivity index (χ1n) is 44.8. The fourth-order valence-electron chi connectivity index (χ4n) is 5.01. The van der Waals surface area contributed by atoms with Crippen LogP contribution in [0.25, 0.3) is 0 Å². The van der Waals surface area contributed by atoms with E-state index in [4.69, 9.17) is 28.4 Å². The average molecular weight is 1570 g/mol. The van der Waals surface area contributed by atoms with Crippen LogP contribution in [0.4, 0.5) is 0 Å². The number of morpholine rings is 1. The predicted molar refractivity (Wildman–Crippen MR) is 505 cm³/mol. The zero-order valence-electron chi connectivity index (χ0n) is 81.4. The summed E-state index contributed by atoms with van der Waals surface area (Å²) in [7, 11) is 0. The first-order valence-corrected chi connectivity index (χ1v) is 46.9. The maximum absolute atomic E-state index is 5.07. The van der Waals surface area contributed by atoms with E-state index in [0.29, 0.717) is 6.79 Å². The van der Waals surface area contributed by atoms with E-state index in [1.54, 1.807) is 24.5 Å². The fourth-order valence-corrected chi connectivity index (χ4v) is 6.56. The Morgan fingerprint density at radius 3 is 0.781 bits per heavy atom. The van der Waals surface area contributed by atoms with Gasteiger partial charge in [-0.05, 0) is 94.3 Å². The quantitative estimate of drug-likeness (QED) is 0.168. The second-order valence-electron chi connectivity index (χ2n) is 13.7. The van der Waals surface area contributed by atoms with Crippen LogP contribution in [0.15, 0.2) is 24.6 Å². The van der Waals surface area contributed by atoms with Gasteiger partial charge in [-0.25, -0.2) is 4.40 Å². The Labute approximate surface area is 679 Å². The summed E-state index contributed by atoms with van der Waals surface area (Å²) in [6.07, 6.45) is 25.7. The van der Waals surface area contributed by atoms with Crippen LogP contribution in [0.3, 0.4) is 0 Å². The molecule has 4 N–H and O–H groups in total. The first-order chi connectivity index (χ1) is 52.5. The molecule has 0 radical (unpaired) electrons. The molecule has 0 bridgehead atoms. The van der Waals surface area contributed by atoms with Crippen LogP contribution in [-0.2, 0) is 38.0 Å². The lowest BCUT2D eigenvalue weighted by molar-refractivity contribution is -0.0963. The second-order valence-corrected chi connectivity index (χ2v) is 15.8. The molecule has 17 nitrogen and oxygen atoms in total. The second kappa shape index (κ2) is 299. The molecule has 6 fully saturated rings. The van der Waals surface area contributed by atoms with E-state index in [1.165, 1.54) is 101 Å². The molecular weight excluding hydrogens is 1350 g/mol. The molecule has 0 amide bonds. The van der Waals surface area contributed by atoms with E-state index in [-0.39, 0.29) is 0 Å². The standard InChI is InChI=1S/C5H11N.C5H10O.C5H10S.C4H9NO.2C4H8O2.2C3H6N2.2C3H5NO.C3H5NS.22C2H6/c3*1-2-4-6-5-3-1;1-3-6-4-2-5-1;1-2-6-4-3-5-1;1-2-5-4-6-3-1;1-2-5-3-4-1;1-2-4-5-3-1;1-2-5-3-4-1;2*1-2-4-5-3-1;22*1-2/h6H,1-5H2;2*1-5H2;5H,1-4H2;2*1-4H2;3H,1-2H2,(H,4,5);2,5H,1,3H2;3H,1-2H2;2*2H,1,3H2;22*1-2H3. The number of piperidine rings is 1. The van der Waals surface area contributed by atoms with Crippen LogP contribution in [0, 0.1) is 0 Å². The van der Waals surface area contributed by atoms with Crippen LogP contribution >= 0.6 is 23.7 Å². The summed E-state index contributed by atoms with van der Waals surface area (Å²) in [4.78, 5) is 12.1. The van der Waals surface area contributed by atoms with Crippen molar-refractivity contribution in [3.63, 3.8) is 0 Å². The Kier molecular flexibility index (Phi) is 465. The molecule has 0 aromatic heterocycles. The summed E-state index contributed by atoms with van der Waals surface area (Å²) in [6, 6.07) is 0. The van der Waals surface area contributed by atoms with Crippen molar-refractivity contribution >= 4 is 55.1 Å². The molecule has 0 atom stereocenters. The molecule has 0 aromatic rings. The van der Waals surface area contributed by atoms with Crippen LogP contribution in [0.1, 0.15) is 388 Å². The summed E-state index contributed by atoms with van der Waals surface area (Å²) in [5.41, 5.74) is 2.79. The minimum Gasteiger partial charge on any atom is -0.482 e. The zero-order chi connectivity index (χ0) is 87.1. The van der Waals surface area contributed by atoms with Gasteiger partial charge < -0.3 is 59.4 Å². The Morgan fingerprint density at radius 2 is 0.676 bits per heavy atom. The number of hydrogen-bond acceptors (Lipinski definition) is 19. The highest BCUT2D eigenvalue weighted by atomic mass is 32.2. The molecule has 11 aliphatic heterocycles. The third-order valence-electron chi connectivity index (χ3n) is 8.29. The number of aliphatic imine (C=N–C) groups is 2. The van der Waals surface area contributed by atoms with Crippen molar-refractivity contribution in [2.45, 2.75) is 388 Å². The minimum absolute atomic E-state index is 0.500. The Hall–Kier alpha value is -2.07. The van der Waals surface area contributed by atoms with Gasteiger partial charge in [0.05, 0.1) is 72.3 Å². The van der Waals surface area contributed by atoms with Gasteiger partial charge in [-0.15, -0.1) is 0 Å². The smallest absolute Gasteiger partial charge is 0.169 e. The third kappa shape index (κ3) is 293. The van der Waals surface area contributed by atoms with E-state index < -0.39 is 0 Å². The summed E-state index contributed by atoms with van der Waals surface area (Å²) in [5, 5.41) is 16.5. The van der Waals surface area contributed by atoms with E-state index in [1.807, 2.05) is 317 Å². The van der Waals surface area contributed by atoms with Gasteiger partial charge in [0.25, 0.3) is 0 Å². The van der Waals surface area contributed by atoms with Gasteiger partial charge >= 0.3 is 0 Å². The predicted octanol–water partition coefficient (Wildman–Crippen LogP) is 27.6. The number of ether oxygens (including phenoxy) is 7. The molecule has 0 aromatic carbocycles. The lowest BCUT2D eigenvalue weighted by Gasteiger charge is -2.10. The van der Waals surface area contributed by atoms with Crippen molar-refractivity contribution in [2.75, 3.05) is 156 Å². The van der Waals surface area contributed by atoms with Gasteiger partial charge in [0, 0.05) is 76.6 Å². The van der Waals surface area contributed by atoms with Crippen LogP contribution < -0.4 is 21.4 Å². The molecular formula is C86H215N9O8S2. The topological polar surface area (TPSA) is 184 Å². The summed E-state index contributed by atoms with van der Waals surface area (Å²) in [6.45, 7) is 107. The summed E-state index contributed by atoms with van der Waals surface area (Å²) in [5.74, 6) is 4.03. The third-order valence-corrected chi connectivity index (χ3v) is 10.2. The highest BCUT2D eigenvalue weighted by Gasteiger charge is 1.98. The maximum atomic E-state index is 5.07. The normalized spacial score (nSPS) is 14.1. The Balaban J connectivity index is -0.0000000343.